The molecule has 0 aliphatic heterocycles. The highest BCUT2D eigenvalue weighted by Gasteiger charge is 2.32. The number of aliphatic imine (C=N–C) groups is 1. The second kappa shape index (κ2) is 22.7. The van der Waals surface area contributed by atoms with Crippen LogP contribution < -0.4 is 44.2 Å². The predicted molar refractivity (Wildman–Crippen MR) is 183 cm³/mol. The molecular weight excluding hydrogens is 638 g/mol. The molecule has 1 aromatic carbocycles. The Bertz CT molecular complexity index is 1260. The molecular formula is C32H53N9O8. The van der Waals surface area contributed by atoms with Crippen LogP contribution in [0.3, 0.4) is 0 Å². The smallest absolute Gasteiger partial charge is 0.326 e. The molecule has 0 radical (unpaired) electrons. The first kappa shape index (κ1) is 42.3. The predicted octanol–water partition coefficient (Wildman–Crippen LogP) is -1.33. The number of nitrogens with two attached hydrogens (primary N) is 4. The molecule has 14 N–H and O–H groups in total. The molecule has 0 bridgehead atoms. The first-order valence-electron chi connectivity index (χ1n) is 16.4. The monoisotopic (exact) mass is 691 g/mol. The Labute approximate surface area is 286 Å². The van der Waals surface area contributed by atoms with Crippen molar-refractivity contribution in [2.24, 2.45) is 33.8 Å². The summed E-state index contributed by atoms with van der Waals surface area (Å²) in [6.45, 7) is 4.21. The Morgan fingerprint density at radius 2 is 1.31 bits per heavy atom. The second-order valence-electron chi connectivity index (χ2n) is 12.2. The van der Waals surface area contributed by atoms with Crippen molar-refractivity contribution in [3.8, 4) is 0 Å². The number of benzene rings is 1. The number of carbonyl (C=O) groups is 6. The highest BCUT2D eigenvalue weighted by molar-refractivity contribution is 5.95. The van der Waals surface area contributed by atoms with Gasteiger partial charge in [0.05, 0.1) is 6.04 Å². The Balaban J connectivity index is 3.29. The van der Waals surface area contributed by atoms with Gasteiger partial charge in [-0.15, -0.1) is 0 Å². The number of unbranched alkanes of at least 4 members (excludes halogenated alkanes) is 1. The number of hydrogen-bond donors (Lipinski definition) is 10. The van der Waals surface area contributed by atoms with E-state index in [0.717, 1.165) is 0 Å². The van der Waals surface area contributed by atoms with Gasteiger partial charge in [0.2, 0.25) is 23.6 Å². The van der Waals surface area contributed by atoms with Crippen LogP contribution >= 0.6 is 0 Å². The van der Waals surface area contributed by atoms with E-state index >= 15 is 0 Å². The zero-order valence-electron chi connectivity index (χ0n) is 28.2. The van der Waals surface area contributed by atoms with Gasteiger partial charge in [-0.25, -0.2) is 4.79 Å². The van der Waals surface area contributed by atoms with Crippen molar-refractivity contribution in [1.82, 2.24) is 21.3 Å². The van der Waals surface area contributed by atoms with E-state index in [1.807, 2.05) is 0 Å². The highest BCUT2D eigenvalue weighted by atomic mass is 16.4. The van der Waals surface area contributed by atoms with E-state index in [1.54, 1.807) is 44.2 Å². The van der Waals surface area contributed by atoms with Crippen molar-refractivity contribution < 1.29 is 39.0 Å². The lowest BCUT2D eigenvalue weighted by Gasteiger charge is -2.27. The molecule has 0 aliphatic carbocycles. The Kier molecular flexibility index (Phi) is 19.6. The Hall–Kier alpha value is -4.77. The van der Waals surface area contributed by atoms with E-state index in [4.69, 9.17) is 28.0 Å². The first-order valence-corrected chi connectivity index (χ1v) is 16.4. The lowest BCUT2D eigenvalue weighted by Crippen LogP contribution is -2.59. The molecule has 5 atom stereocenters. The van der Waals surface area contributed by atoms with Gasteiger partial charge < -0.3 is 54.4 Å². The van der Waals surface area contributed by atoms with Crippen LogP contribution in [0.15, 0.2) is 35.3 Å². The lowest BCUT2D eigenvalue weighted by atomic mass is 10.00. The van der Waals surface area contributed by atoms with Gasteiger partial charge in [-0.3, -0.25) is 29.0 Å². The molecule has 17 heteroatoms. The Morgan fingerprint density at radius 3 is 1.88 bits per heavy atom. The summed E-state index contributed by atoms with van der Waals surface area (Å²) < 4.78 is 0. The molecule has 17 nitrogen and oxygen atoms in total. The van der Waals surface area contributed by atoms with E-state index in [2.05, 4.69) is 26.3 Å². The van der Waals surface area contributed by atoms with E-state index in [0.29, 0.717) is 37.8 Å². The summed E-state index contributed by atoms with van der Waals surface area (Å²) >= 11 is 0. The maximum Gasteiger partial charge on any atom is 0.326 e. The number of nitrogens with zero attached hydrogens (tertiary/aromatic N) is 1. The fourth-order valence-electron chi connectivity index (χ4n) is 4.79. The van der Waals surface area contributed by atoms with Crippen LogP contribution in [0.5, 0.6) is 0 Å². The summed E-state index contributed by atoms with van der Waals surface area (Å²) in [4.78, 5) is 80.3. The minimum Gasteiger partial charge on any atom is -0.481 e. The van der Waals surface area contributed by atoms with Gasteiger partial charge in [0, 0.05) is 19.4 Å². The number of amides is 4. The third-order valence-electron chi connectivity index (χ3n) is 7.40. The standard InChI is InChI=1S/C32H53N9O8/c1-19(2)17-24(29(46)39-23(31(48)49)13-14-26(42)43)40-30(47)25(18-20-9-4-3-5-10-20)41-28(45)22(12-8-16-37-32(35)36)38-27(44)21(34)11-6-7-15-33/h3-5,9-10,19,21-25H,6-8,11-18,33-34H2,1-2H3,(H,38,44)(H,39,46)(H,40,47)(H,41,45)(H,42,43)(H,48,49)(H4,35,36,37)/t21-,22+,23+,24-,25+/m1/s1. The highest BCUT2D eigenvalue weighted by Crippen LogP contribution is 2.11. The SMILES string of the molecule is CC(C)C[C@@H](NC(=O)[C@H](Cc1ccccc1)NC(=O)[C@H](CCCN=C(N)N)NC(=O)[C@H](N)CCCCN)C(=O)N[C@@H](CCC(=O)O)C(=O)O. The van der Waals surface area contributed by atoms with Crippen molar-refractivity contribution in [2.45, 2.75) is 102 Å². The van der Waals surface area contributed by atoms with Crippen LogP contribution in [0.4, 0.5) is 0 Å². The van der Waals surface area contributed by atoms with Gasteiger partial charge in [0.25, 0.3) is 0 Å². The van der Waals surface area contributed by atoms with Gasteiger partial charge >= 0.3 is 11.9 Å². The van der Waals surface area contributed by atoms with Gasteiger partial charge in [-0.1, -0.05) is 50.6 Å². The van der Waals surface area contributed by atoms with E-state index in [1.165, 1.54) is 0 Å². The van der Waals surface area contributed by atoms with Crippen LogP contribution in [-0.2, 0) is 35.2 Å². The van der Waals surface area contributed by atoms with Crippen molar-refractivity contribution in [1.29, 1.82) is 0 Å². The van der Waals surface area contributed by atoms with Gasteiger partial charge in [0.1, 0.15) is 24.2 Å². The van der Waals surface area contributed by atoms with Gasteiger partial charge in [-0.2, -0.15) is 0 Å². The summed E-state index contributed by atoms with van der Waals surface area (Å²) in [6.07, 6.45) is 1.32. The Morgan fingerprint density at radius 1 is 0.735 bits per heavy atom. The summed E-state index contributed by atoms with van der Waals surface area (Å²) in [6, 6.07) is 2.83. The van der Waals surface area contributed by atoms with Crippen LogP contribution in [0.1, 0.15) is 70.8 Å². The number of nitrogens with one attached hydrogen (secondary N) is 4. The molecule has 0 heterocycles. The third kappa shape index (κ3) is 17.8. The lowest BCUT2D eigenvalue weighted by molar-refractivity contribution is -0.143. The summed E-state index contributed by atoms with van der Waals surface area (Å²) in [5.74, 6) is -5.72. The number of hydrogen-bond acceptors (Lipinski definition) is 9. The van der Waals surface area contributed by atoms with E-state index < -0.39 is 72.2 Å². The molecule has 4 amide bonds. The minimum absolute atomic E-state index is 0.0120. The summed E-state index contributed by atoms with van der Waals surface area (Å²) in [5, 5.41) is 28.8. The van der Waals surface area contributed by atoms with Crippen LogP contribution in [0.25, 0.3) is 0 Å². The number of guanidine groups is 1. The van der Waals surface area contributed by atoms with Gasteiger partial charge in [0.15, 0.2) is 5.96 Å². The molecule has 0 aromatic heterocycles. The molecule has 0 fully saturated rings. The number of rotatable bonds is 24. The maximum absolute atomic E-state index is 13.8. The molecule has 0 spiro atoms. The molecule has 0 saturated heterocycles. The van der Waals surface area contributed by atoms with Crippen LogP contribution in [0.2, 0.25) is 0 Å². The van der Waals surface area contributed by atoms with Gasteiger partial charge in [-0.05, 0) is 56.6 Å². The molecule has 1 aromatic rings. The average molecular weight is 692 g/mol. The number of carbonyl (C=O) groups excluding carboxylic acids is 4. The number of carboxylic acid groups (broad SMARTS) is 2. The van der Waals surface area contributed by atoms with Crippen molar-refractivity contribution in [2.75, 3.05) is 13.1 Å². The zero-order chi connectivity index (χ0) is 36.9. The fraction of sp³-hybridized carbons (Fsp3) is 0.594. The van der Waals surface area contributed by atoms with E-state index in [9.17, 15) is 33.9 Å². The maximum atomic E-state index is 13.8. The van der Waals surface area contributed by atoms with Crippen LogP contribution in [0, 0.1) is 5.92 Å². The van der Waals surface area contributed by atoms with Crippen molar-refractivity contribution in [3.05, 3.63) is 35.9 Å². The van der Waals surface area contributed by atoms with Crippen molar-refractivity contribution in [3.63, 3.8) is 0 Å². The normalized spacial score (nSPS) is 14.0. The molecule has 0 aliphatic rings. The molecule has 0 saturated carbocycles. The summed E-state index contributed by atoms with van der Waals surface area (Å²) in [5.41, 5.74) is 23.1. The largest absolute Gasteiger partial charge is 0.481 e. The number of aliphatic carboxylic acids is 2. The fourth-order valence-corrected chi connectivity index (χ4v) is 4.79. The first-order chi connectivity index (χ1) is 23.1. The molecule has 0 unspecified atom stereocenters. The summed E-state index contributed by atoms with van der Waals surface area (Å²) in [7, 11) is 0. The number of carboxylic acids is 2. The minimum atomic E-state index is -1.50. The molecule has 49 heavy (non-hydrogen) atoms. The van der Waals surface area contributed by atoms with Crippen LogP contribution in [-0.4, -0.2) is 95.0 Å². The second-order valence-corrected chi connectivity index (χ2v) is 12.2. The topological polar surface area (TPSA) is 307 Å². The molecule has 1 rings (SSSR count). The zero-order valence-corrected chi connectivity index (χ0v) is 28.2. The third-order valence-corrected chi connectivity index (χ3v) is 7.40. The van der Waals surface area contributed by atoms with E-state index in [-0.39, 0.29) is 44.1 Å². The average Bonchev–Trinajstić information content (AvgIpc) is 3.03. The quantitative estimate of drug-likeness (QED) is 0.0343. The molecule has 274 valence electrons. The van der Waals surface area contributed by atoms with Crippen molar-refractivity contribution >= 4 is 41.5 Å².